The van der Waals surface area contributed by atoms with Crippen molar-refractivity contribution in [2.75, 3.05) is 12.4 Å². The minimum Gasteiger partial charge on any atom is -0.497 e. The van der Waals surface area contributed by atoms with E-state index in [1.807, 2.05) is 26.0 Å². The van der Waals surface area contributed by atoms with Crippen molar-refractivity contribution in [3.8, 4) is 39.7 Å². The second-order valence-electron chi connectivity index (χ2n) is 9.34. The van der Waals surface area contributed by atoms with E-state index in [1.165, 1.54) is 19.2 Å². The number of carbonyl (C=O) groups excluding carboxylic acids is 1. The molecule has 5 aromatic heterocycles. The molecule has 3 N–H and O–H groups in total. The Bertz CT molecular complexity index is 1860. The molecule has 11 heteroatoms. The number of hydrogen-bond donors (Lipinski definition) is 3. The third-order valence-corrected chi connectivity index (χ3v) is 6.31. The molecule has 194 valence electrons. The summed E-state index contributed by atoms with van der Waals surface area (Å²) in [4.78, 5) is 33.4. The number of H-pyrrole nitrogens is 2. The maximum atomic E-state index is 14.2. The van der Waals surface area contributed by atoms with Crippen LogP contribution in [0.5, 0.6) is 5.75 Å². The van der Waals surface area contributed by atoms with Gasteiger partial charge in [0.1, 0.15) is 17.3 Å². The fraction of sp³-hybridized carbons (Fsp3) is 0.143. The van der Waals surface area contributed by atoms with Crippen molar-refractivity contribution < 1.29 is 13.9 Å². The molecule has 0 aliphatic carbocycles. The molecule has 0 radical (unpaired) electrons. The zero-order chi connectivity index (χ0) is 27.1. The van der Waals surface area contributed by atoms with E-state index in [0.717, 1.165) is 16.5 Å². The van der Waals surface area contributed by atoms with E-state index in [1.54, 1.807) is 37.1 Å². The molecule has 0 aliphatic rings. The van der Waals surface area contributed by atoms with Crippen LogP contribution in [0.25, 0.3) is 55.8 Å². The number of nitrogens with zero attached hydrogens (tertiary/aromatic N) is 5. The van der Waals surface area contributed by atoms with Crippen LogP contribution in [0.3, 0.4) is 0 Å². The Morgan fingerprint density at radius 1 is 0.974 bits per heavy atom. The van der Waals surface area contributed by atoms with Crippen LogP contribution in [0.2, 0.25) is 0 Å². The van der Waals surface area contributed by atoms with E-state index in [9.17, 15) is 9.18 Å². The number of halogens is 1. The second-order valence-corrected chi connectivity index (χ2v) is 9.34. The monoisotopic (exact) mass is 522 g/mol. The fourth-order valence-corrected chi connectivity index (χ4v) is 4.28. The van der Waals surface area contributed by atoms with Crippen LogP contribution in [0.4, 0.5) is 10.1 Å². The maximum absolute atomic E-state index is 14.2. The normalized spacial score (nSPS) is 11.4. The number of aromatic nitrogens is 7. The SMILES string of the molecule is COc1cc(F)cc(-c2cncc3[nH]c(-c4n[nH]c5cnc(-c6cncc(NC(=O)C(C)C)c6)cc45)nc23)c1. The topological polar surface area (TPSA) is 134 Å². The number of carbonyl (C=O) groups is 1. The first kappa shape index (κ1) is 24.2. The lowest BCUT2D eigenvalue weighted by atomic mass is 10.1. The molecule has 0 saturated heterocycles. The summed E-state index contributed by atoms with van der Waals surface area (Å²) < 4.78 is 19.5. The number of aromatic amines is 2. The Labute approximate surface area is 221 Å². The lowest BCUT2D eigenvalue weighted by molar-refractivity contribution is -0.118. The number of nitrogens with one attached hydrogen (secondary N) is 3. The van der Waals surface area contributed by atoms with Crippen molar-refractivity contribution in [1.82, 2.24) is 35.1 Å². The van der Waals surface area contributed by atoms with Crippen LogP contribution < -0.4 is 10.1 Å². The van der Waals surface area contributed by atoms with Crippen LogP contribution in [0.15, 0.2) is 61.3 Å². The number of benzene rings is 1. The van der Waals surface area contributed by atoms with Gasteiger partial charge in [-0.1, -0.05) is 13.8 Å². The number of imidazole rings is 1. The minimum atomic E-state index is -0.419. The van der Waals surface area contributed by atoms with Gasteiger partial charge in [-0.3, -0.25) is 24.8 Å². The van der Waals surface area contributed by atoms with E-state index in [4.69, 9.17) is 9.72 Å². The number of fused-ring (bicyclic) bond motifs is 2. The van der Waals surface area contributed by atoms with Crippen molar-refractivity contribution in [2.24, 2.45) is 5.92 Å². The maximum Gasteiger partial charge on any atom is 0.226 e. The van der Waals surface area contributed by atoms with Gasteiger partial charge in [0, 0.05) is 40.9 Å². The molecular formula is C28H23FN8O2. The highest BCUT2D eigenvalue weighted by Gasteiger charge is 2.18. The van der Waals surface area contributed by atoms with Crippen molar-refractivity contribution in [1.29, 1.82) is 0 Å². The fourth-order valence-electron chi connectivity index (χ4n) is 4.28. The molecule has 6 rings (SSSR count). The predicted molar refractivity (Wildman–Crippen MR) is 145 cm³/mol. The zero-order valence-corrected chi connectivity index (χ0v) is 21.3. The average Bonchev–Trinajstić information content (AvgIpc) is 3.56. The van der Waals surface area contributed by atoms with Gasteiger partial charge in [0.05, 0.1) is 53.6 Å². The first-order chi connectivity index (χ1) is 18.9. The Morgan fingerprint density at radius 3 is 2.64 bits per heavy atom. The molecule has 0 unspecified atom stereocenters. The standard InChI is InChI=1S/C28H23FN8O2/c1-14(2)28(38)33-18-5-16(9-30-10-18)22-8-20-23(13-32-22)36-37-26(20)27-34-24-12-31-11-21(25(24)35-27)15-4-17(29)7-19(6-15)39-3/h4-14H,1-3H3,(H,33,38)(H,34,35)(H,36,37). The van der Waals surface area contributed by atoms with Gasteiger partial charge in [-0.25, -0.2) is 9.37 Å². The smallest absolute Gasteiger partial charge is 0.226 e. The number of pyridine rings is 3. The van der Waals surface area contributed by atoms with E-state index < -0.39 is 5.82 Å². The summed E-state index contributed by atoms with van der Waals surface area (Å²) in [5.41, 5.74) is 5.84. The molecule has 0 fully saturated rings. The summed E-state index contributed by atoms with van der Waals surface area (Å²) >= 11 is 0. The highest BCUT2D eigenvalue weighted by Crippen LogP contribution is 2.33. The molecular weight excluding hydrogens is 499 g/mol. The highest BCUT2D eigenvalue weighted by atomic mass is 19.1. The Hall–Kier alpha value is -5.19. The molecule has 0 spiro atoms. The van der Waals surface area contributed by atoms with Gasteiger partial charge in [-0.15, -0.1) is 0 Å². The molecule has 0 bridgehead atoms. The Kier molecular flexibility index (Phi) is 5.95. The quantitative estimate of drug-likeness (QED) is 0.268. The summed E-state index contributed by atoms with van der Waals surface area (Å²) in [7, 11) is 1.49. The van der Waals surface area contributed by atoms with Gasteiger partial charge in [-0.05, 0) is 29.8 Å². The highest BCUT2D eigenvalue weighted by molar-refractivity contribution is 5.98. The van der Waals surface area contributed by atoms with Gasteiger partial charge in [0.25, 0.3) is 0 Å². The molecule has 1 amide bonds. The largest absolute Gasteiger partial charge is 0.497 e. The number of ether oxygens (including phenoxy) is 1. The van der Waals surface area contributed by atoms with Crippen LogP contribution in [0.1, 0.15) is 13.8 Å². The first-order valence-corrected chi connectivity index (χ1v) is 12.2. The summed E-state index contributed by atoms with van der Waals surface area (Å²) in [6, 6.07) is 8.19. The second kappa shape index (κ2) is 9.60. The van der Waals surface area contributed by atoms with Gasteiger partial charge in [0.15, 0.2) is 5.82 Å². The Morgan fingerprint density at radius 2 is 1.82 bits per heavy atom. The van der Waals surface area contributed by atoms with Gasteiger partial charge >= 0.3 is 0 Å². The Balaban J connectivity index is 1.41. The number of amides is 1. The molecule has 0 atom stereocenters. The lowest BCUT2D eigenvalue weighted by Crippen LogP contribution is -2.17. The molecule has 0 aliphatic heterocycles. The number of rotatable bonds is 6. The lowest BCUT2D eigenvalue weighted by Gasteiger charge is -2.08. The minimum absolute atomic E-state index is 0.0927. The van der Waals surface area contributed by atoms with Gasteiger partial charge in [-0.2, -0.15) is 5.10 Å². The van der Waals surface area contributed by atoms with Gasteiger partial charge < -0.3 is 15.0 Å². The van der Waals surface area contributed by atoms with E-state index >= 15 is 0 Å². The zero-order valence-electron chi connectivity index (χ0n) is 21.3. The van der Waals surface area contributed by atoms with Crippen LogP contribution in [0, 0.1) is 11.7 Å². The summed E-state index contributed by atoms with van der Waals surface area (Å²) in [6.07, 6.45) is 8.28. The average molecular weight is 523 g/mol. The molecule has 5 heterocycles. The molecule has 6 aromatic rings. The summed E-state index contributed by atoms with van der Waals surface area (Å²) in [5, 5.41) is 11.1. The summed E-state index contributed by atoms with van der Waals surface area (Å²) in [6.45, 7) is 3.66. The van der Waals surface area contributed by atoms with E-state index in [2.05, 4.69) is 35.5 Å². The molecule has 1 aromatic carbocycles. The van der Waals surface area contributed by atoms with E-state index in [-0.39, 0.29) is 11.8 Å². The van der Waals surface area contributed by atoms with Gasteiger partial charge in [0.2, 0.25) is 5.91 Å². The van der Waals surface area contributed by atoms with Crippen LogP contribution in [-0.2, 0) is 4.79 Å². The van der Waals surface area contributed by atoms with Crippen molar-refractivity contribution in [2.45, 2.75) is 13.8 Å². The summed E-state index contributed by atoms with van der Waals surface area (Å²) in [5.74, 6) is 0.252. The number of methoxy groups -OCH3 is 1. The third kappa shape index (κ3) is 4.54. The van der Waals surface area contributed by atoms with E-state index in [0.29, 0.717) is 50.8 Å². The molecule has 39 heavy (non-hydrogen) atoms. The van der Waals surface area contributed by atoms with Crippen molar-refractivity contribution in [3.63, 3.8) is 0 Å². The van der Waals surface area contributed by atoms with Crippen molar-refractivity contribution in [3.05, 3.63) is 67.1 Å². The predicted octanol–water partition coefficient (Wildman–Crippen LogP) is 5.37. The molecule has 10 nitrogen and oxygen atoms in total. The number of anilines is 1. The molecule has 0 saturated carbocycles. The van der Waals surface area contributed by atoms with Crippen molar-refractivity contribution >= 4 is 33.5 Å². The van der Waals surface area contributed by atoms with Crippen LogP contribution >= 0.6 is 0 Å². The number of hydrogen-bond acceptors (Lipinski definition) is 7. The third-order valence-electron chi connectivity index (χ3n) is 6.31. The van der Waals surface area contributed by atoms with Crippen LogP contribution in [-0.4, -0.2) is 48.1 Å². The first-order valence-electron chi connectivity index (χ1n) is 12.2.